The molecule has 0 saturated carbocycles. The van der Waals surface area contributed by atoms with Gasteiger partial charge >= 0.3 is 0 Å². The monoisotopic (exact) mass is 279 g/mol. The highest BCUT2D eigenvalue weighted by molar-refractivity contribution is 5.55. The minimum Gasteiger partial charge on any atom is -0.369 e. The average Bonchev–Trinajstić information content (AvgIpc) is 2.38. The summed E-state index contributed by atoms with van der Waals surface area (Å²) in [6.07, 6.45) is 0. The number of hydrogen-bond acceptors (Lipinski definition) is 3. The Morgan fingerprint density at radius 1 is 1.15 bits per heavy atom. The van der Waals surface area contributed by atoms with Crippen LogP contribution >= 0.6 is 0 Å². The second-order valence-electron chi connectivity index (χ2n) is 6.14. The molecular weight excluding hydrogens is 253 g/mol. The van der Waals surface area contributed by atoms with Gasteiger partial charge in [0.2, 0.25) is 0 Å². The van der Waals surface area contributed by atoms with E-state index in [2.05, 4.69) is 23.6 Å². The van der Waals surface area contributed by atoms with Crippen LogP contribution in [0.15, 0.2) is 18.2 Å². The van der Waals surface area contributed by atoms with Crippen molar-refractivity contribution < 1.29 is 4.39 Å². The summed E-state index contributed by atoms with van der Waals surface area (Å²) in [5.41, 5.74) is 7.54. The fraction of sp³-hybridized carbons (Fsp3) is 0.625. The molecule has 0 spiro atoms. The van der Waals surface area contributed by atoms with Gasteiger partial charge in [-0.15, -0.1) is 0 Å². The van der Waals surface area contributed by atoms with Crippen molar-refractivity contribution in [1.29, 1.82) is 0 Å². The maximum absolute atomic E-state index is 14.0. The van der Waals surface area contributed by atoms with Crippen molar-refractivity contribution in [3.63, 3.8) is 0 Å². The second kappa shape index (κ2) is 6.55. The van der Waals surface area contributed by atoms with Gasteiger partial charge in [-0.2, -0.15) is 0 Å². The van der Waals surface area contributed by atoms with Crippen molar-refractivity contribution in [2.45, 2.75) is 26.8 Å². The Balaban J connectivity index is 2.09. The van der Waals surface area contributed by atoms with Crippen LogP contribution in [0.2, 0.25) is 0 Å². The molecule has 20 heavy (non-hydrogen) atoms. The molecule has 112 valence electrons. The van der Waals surface area contributed by atoms with Crippen LogP contribution < -0.4 is 10.6 Å². The van der Waals surface area contributed by atoms with Gasteiger partial charge in [0.1, 0.15) is 5.82 Å². The Bertz CT molecular complexity index is 437. The predicted molar refractivity (Wildman–Crippen MR) is 82.5 cm³/mol. The Morgan fingerprint density at radius 2 is 1.80 bits per heavy atom. The summed E-state index contributed by atoms with van der Waals surface area (Å²) in [7, 11) is 0. The van der Waals surface area contributed by atoms with Gasteiger partial charge in [-0.1, -0.05) is 19.9 Å². The molecule has 2 rings (SSSR count). The molecule has 1 aromatic rings. The lowest BCUT2D eigenvalue weighted by Crippen LogP contribution is -2.47. The Labute approximate surface area is 121 Å². The molecular formula is C16H26FN3. The number of nitrogens with two attached hydrogens (primary N) is 1. The molecule has 1 aliphatic rings. The van der Waals surface area contributed by atoms with Gasteiger partial charge in [-0.25, -0.2) is 4.39 Å². The fourth-order valence-corrected chi connectivity index (χ4v) is 2.94. The lowest BCUT2D eigenvalue weighted by molar-refractivity contribution is 0.231. The number of piperazine rings is 1. The second-order valence-corrected chi connectivity index (χ2v) is 6.14. The van der Waals surface area contributed by atoms with Crippen LogP contribution in [0.5, 0.6) is 0 Å². The molecule has 1 atom stereocenters. The number of hydrogen-bond donors (Lipinski definition) is 1. The SMILES string of the molecule is CC(C)CN1CCN(c2cccc(F)c2[C@@H](C)N)CC1. The predicted octanol–water partition coefficient (Wildman–Crippen LogP) is 2.62. The van der Waals surface area contributed by atoms with E-state index in [1.54, 1.807) is 6.07 Å². The highest BCUT2D eigenvalue weighted by Gasteiger charge is 2.22. The number of anilines is 1. The molecule has 1 heterocycles. The van der Waals surface area contributed by atoms with Crippen LogP contribution in [0.3, 0.4) is 0 Å². The standard InChI is InChI=1S/C16H26FN3/c1-12(2)11-19-7-9-20(10-8-19)15-6-4-5-14(17)16(15)13(3)18/h4-6,12-13H,7-11,18H2,1-3H3/t13-/m1/s1. The Kier molecular flexibility index (Phi) is 5.00. The van der Waals surface area contributed by atoms with Crippen LogP contribution in [-0.4, -0.2) is 37.6 Å². The van der Waals surface area contributed by atoms with Crippen molar-refractivity contribution in [2.24, 2.45) is 11.7 Å². The molecule has 0 unspecified atom stereocenters. The third-order valence-corrected chi connectivity index (χ3v) is 3.82. The van der Waals surface area contributed by atoms with Crippen LogP contribution in [0.1, 0.15) is 32.4 Å². The third-order valence-electron chi connectivity index (χ3n) is 3.82. The Hall–Kier alpha value is -1.13. The van der Waals surface area contributed by atoms with Crippen molar-refractivity contribution in [2.75, 3.05) is 37.6 Å². The first-order chi connectivity index (χ1) is 9.49. The Morgan fingerprint density at radius 3 is 2.35 bits per heavy atom. The third kappa shape index (κ3) is 3.49. The van der Waals surface area contributed by atoms with Crippen LogP contribution in [0, 0.1) is 11.7 Å². The van der Waals surface area contributed by atoms with Gasteiger partial charge in [0.15, 0.2) is 0 Å². The first kappa shape index (κ1) is 15.3. The van der Waals surface area contributed by atoms with Gasteiger partial charge in [-0.05, 0) is 25.0 Å². The van der Waals surface area contributed by atoms with Gasteiger partial charge in [0, 0.05) is 50.0 Å². The van der Waals surface area contributed by atoms with E-state index in [0.717, 1.165) is 38.4 Å². The molecule has 0 aromatic heterocycles. The van der Waals surface area contributed by atoms with E-state index in [0.29, 0.717) is 11.5 Å². The molecule has 0 bridgehead atoms. The summed E-state index contributed by atoms with van der Waals surface area (Å²) < 4.78 is 14.0. The first-order valence-corrected chi connectivity index (χ1v) is 7.50. The number of halogens is 1. The molecule has 1 aliphatic heterocycles. The topological polar surface area (TPSA) is 32.5 Å². The van der Waals surface area contributed by atoms with E-state index < -0.39 is 0 Å². The molecule has 2 N–H and O–H groups in total. The van der Waals surface area contributed by atoms with Crippen LogP contribution in [0.25, 0.3) is 0 Å². The highest BCUT2D eigenvalue weighted by atomic mass is 19.1. The van der Waals surface area contributed by atoms with E-state index in [4.69, 9.17) is 5.73 Å². The van der Waals surface area contributed by atoms with Crippen molar-refractivity contribution >= 4 is 5.69 Å². The number of rotatable bonds is 4. The summed E-state index contributed by atoms with van der Waals surface area (Å²) in [4.78, 5) is 4.74. The molecule has 0 aliphatic carbocycles. The van der Waals surface area contributed by atoms with E-state index in [1.165, 1.54) is 6.07 Å². The molecule has 1 fully saturated rings. The van der Waals surface area contributed by atoms with Gasteiger partial charge < -0.3 is 10.6 Å². The number of nitrogens with zero attached hydrogens (tertiary/aromatic N) is 2. The summed E-state index contributed by atoms with van der Waals surface area (Å²) in [5.74, 6) is 0.498. The van der Waals surface area contributed by atoms with E-state index >= 15 is 0 Å². The fourth-order valence-electron chi connectivity index (χ4n) is 2.94. The molecule has 1 aromatic carbocycles. The maximum atomic E-state index is 14.0. The largest absolute Gasteiger partial charge is 0.369 e. The summed E-state index contributed by atoms with van der Waals surface area (Å²) in [5, 5.41) is 0. The summed E-state index contributed by atoms with van der Waals surface area (Å²) >= 11 is 0. The minimum absolute atomic E-state index is 0.192. The summed E-state index contributed by atoms with van der Waals surface area (Å²) in [6.45, 7) is 11.4. The first-order valence-electron chi connectivity index (χ1n) is 7.50. The normalized spacial score (nSPS) is 18.6. The highest BCUT2D eigenvalue weighted by Crippen LogP contribution is 2.28. The zero-order chi connectivity index (χ0) is 14.7. The molecule has 1 saturated heterocycles. The smallest absolute Gasteiger partial charge is 0.130 e. The summed E-state index contributed by atoms with van der Waals surface area (Å²) in [6, 6.07) is 4.98. The van der Waals surface area contributed by atoms with Crippen LogP contribution in [0.4, 0.5) is 10.1 Å². The minimum atomic E-state index is -0.278. The van der Waals surface area contributed by atoms with Gasteiger partial charge in [0.25, 0.3) is 0 Å². The van der Waals surface area contributed by atoms with Crippen LogP contribution in [-0.2, 0) is 0 Å². The zero-order valence-electron chi connectivity index (χ0n) is 12.8. The van der Waals surface area contributed by atoms with E-state index in [1.807, 2.05) is 13.0 Å². The van der Waals surface area contributed by atoms with E-state index in [-0.39, 0.29) is 11.9 Å². The molecule has 0 radical (unpaired) electrons. The molecule has 4 heteroatoms. The van der Waals surface area contributed by atoms with Gasteiger partial charge in [-0.3, -0.25) is 4.90 Å². The lowest BCUT2D eigenvalue weighted by atomic mass is 10.0. The quantitative estimate of drug-likeness (QED) is 0.919. The van der Waals surface area contributed by atoms with Crippen molar-refractivity contribution in [1.82, 2.24) is 4.90 Å². The lowest BCUT2D eigenvalue weighted by Gasteiger charge is -2.38. The van der Waals surface area contributed by atoms with Crippen molar-refractivity contribution in [3.05, 3.63) is 29.6 Å². The molecule has 3 nitrogen and oxygen atoms in total. The molecule has 0 amide bonds. The van der Waals surface area contributed by atoms with Crippen molar-refractivity contribution in [3.8, 4) is 0 Å². The van der Waals surface area contributed by atoms with E-state index in [9.17, 15) is 4.39 Å². The maximum Gasteiger partial charge on any atom is 0.130 e. The average molecular weight is 279 g/mol. The van der Waals surface area contributed by atoms with Gasteiger partial charge in [0.05, 0.1) is 0 Å². The number of benzene rings is 1. The zero-order valence-corrected chi connectivity index (χ0v) is 12.8.